The SMILES string of the molecule is CCCCCCCCNC(=O)C(CO)NC(=O)C12C3CCC(O3)C1(C)C2Cc1cc(F)ccc1C=CC(=O)OC. The van der Waals surface area contributed by atoms with Crippen molar-refractivity contribution in [3.63, 3.8) is 0 Å². The minimum atomic E-state index is -1.06. The monoisotopic (exact) mass is 558 g/mol. The number of carbonyl (C=O) groups excluding carboxylic acids is 3. The Morgan fingerprint density at radius 3 is 2.62 bits per heavy atom. The van der Waals surface area contributed by atoms with Gasteiger partial charge in [0, 0.05) is 18.0 Å². The number of carbonyl (C=O) groups is 3. The molecule has 3 fully saturated rings. The van der Waals surface area contributed by atoms with Gasteiger partial charge in [0.05, 0.1) is 31.3 Å². The van der Waals surface area contributed by atoms with Gasteiger partial charge in [-0.3, -0.25) is 9.59 Å². The molecule has 9 heteroatoms. The average molecular weight is 559 g/mol. The Balaban J connectivity index is 1.46. The van der Waals surface area contributed by atoms with Crippen LogP contribution in [0.5, 0.6) is 0 Å². The molecule has 3 N–H and O–H groups in total. The van der Waals surface area contributed by atoms with E-state index < -0.39 is 41.2 Å². The molecule has 0 spiro atoms. The van der Waals surface area contributed by atoms with Gasteiger partial charge in [0.2, 0.25) is 11.8 Å². The Labute approximate surface area is 236 Å². The van der Waals surface area contributed by atoms with Gasteiger partial charge in [-0.15, -0.1) is 0 Å². The number of methoxy groups -OCH3 is 1. The van der Waals surface area contributed by atoms with Crippen molar-refractivity contribution < 1.29 is 33.4 Å². The zero-order valence-electron chi connectivity index (χ0n) is 23.8. The van der Waals surface area contributed by atoms with Gasteiger partial charge < -0.3 is 25.2 Å². The van der Waals surface area contributed by atoms with E-state index in [0.29, 0.717) is 24.1 Å². The number of aliphatic hydroxyl groups is 1. The number of hydrogen-bond donors (Lipinski definition) is 3. The van der Waals surface area contributed by atoms with Gasteiger partial charge in [-0.05, 0) is 60.9 Å². The van der Waals surface area contributed by atoms with Crippen LogP contribution in [0.3, 0.4) is 0 Å². The summed E-state index contributed by atoms with van der Waals surface area (Å²) in [5.41, 5.74) is -0.00219. The first kappa shape index (κ1) is 30.2. The fourth-order valence-corrected chi connectivity index (χ4v) is 7.24. The Kier molecular flexibility index (Phi) is 9.67. The van der Waals surface area contributed by atoms with E-state index in [1.54, 1.807) is 12.1 Å². The summed E-state index contributed by atoms with van der Waals surface area (Å²) < 4.78 is 25.2. The molecule has 6 atom stereocenters. The largest absolute Gasteiger partial charge is 0.466 e. The lowest BCUT2D eigenvalue weighted by Gasteiger charge is -2.26. The Morgan fingerprint density at radius 1 is 1.18 bits per heavy atom. The number of halogens is 1. The first-order valence-corrected chi connectivity index (χ1v) is 14.6. The summed E-state index contributed by atoms with van der Waals surface area (Å²) in [6.45, 7) is 4.20. The summed E-state index contributed by atoms with van der Waals surface area (Å²) in [4.78, 5) is 38.4. The summed E-state index contributed by atoms with van der Waals surface area (Å²) >= 11 is 0. The molecular formula is C31H43FN2O6. The molecule has 2 saturated heterocycles. The second kappa shape index (κ2) is 12.8. The second-order valence-corrected chi connectivity index (χ2v) is 11.6. The summed E-state index contributed by atoms with van der Waals surface area (Å²) in [5, 5.41) is 15.7. The van der Waals surface area contributed by atoms with Crippen LogP contribution in [-0.2, 0) is 30.3 Å². The third kappa shape index (κ3) is 5.55. The van der Waals surface area contributed by atoms with Gasteiger partial charge in [-0.25, -0.2) is 9.18 Å². The molecule has 1 aromatic rings. The highest BCUT2D eigenvalue weighted by molar-refractivity contribution is 5.94. The first-order valence-electron chi connectivity index (χ1n) is 14.6. The predicted octanol–water partition coefficient (Wildman–Crippen LogP) is 3.69. The minimum Gasteiger partial charge on any atom is -0.466 e. The molecule has 1 saturated carbocycles. The van der Waals surface area contributed by atoms with Crippen molar-refractivity contribution in [1.29, 1.82) is 0 Å². The molecule has 2 amide bonds. The molecular weight excluding hydrogens is 515 g/mol. The van der Waals surface area contributed by atoms with E-state index in [2.05, 4.69) is 22.3 Å². The molecule has 2 aliphatic heterocycles. The van der Waals surface area contributed by atoms with Gasteiger partial charge in [0.25, 0.3) is 0 Å². The highest BCUT2D eigenvalue weighted by Gasteiger charge is 2.88. The van der Waals surface area contributed by atoms with Crippen LogP contribution in [-0.4, -0.2) is 61.4 Å². The van der Waals surface area contributed by atoms with Gasteiger partial charge in [-0.2, -0.15) is 0 Å². The van der Waals surface area contributed by atoms with E-state index in [4.69, 9.17) is 4.74 Å². The zero-order chi connectivity index (χ0) is 28.9. The molecule has 0 radical (unpaired) electrons. The van der Waals surface area contributed by atoms with Crippen LogP contribution in [0.25, 0.3) is 6.08 Å². The fraction of sp³-hybridized carbons (Fsp3) is 0.645. The van der Waals surface area contributed by atoms with Crippen molar-refractivity contribution in [2.24, 2.45) is 16.7 Å². The highest BCUT2D eigenvalue weighted by atomic mass is 19.1. The Morgan fingerprint density at radius 2 is 1.90 bits per heavy atom. The Bertz CT molecular complexity index is 1130. The number of unbranched alkanes of at least 4 members (excludes halogenated alkanes) is 5. The standard InChI is InChI=1S/C31H43FN2O6/c1-4-5-6-7-8-9-16-33-28(37)23(19-35)34-29(38)31-24(30(31,2)25-13-14-26(31)40-25)18-21-17-22(32)12-10-20(21)11-15-27(36)39-3/h10-12,15,17,23-26,35H,4-9,13-14,16,18-19H2,1-3H3,(H,33,37)(H,34,38). The zero-order valence-corrected chi connectivity index (χ0v) is 23.8. The van der Waals surface area contributed by atoms with Gasteiger partial charge in [0.1, 0.15) is 11.9 Å². The molecule has 2 bridgehead atoms. The van der Waals surface area contributed by atoms with E-state index in [0.717, 1.165) is 32.1 Å². The lowest BCUT2D eigenvalue weighted by molar-refractivity contribution is -0.135. The maximum atomic E-state index is 14.3. The summed E-state index contributed by atoms with van der Waals surface area (Å²) in [7, 11) is 1.29. The summed E-state index contributed by atoms with van der Waals surface area (Å²) in [5.74, 6) is -1.77. The molecule has 40 heavy (non-hydrogen) atoms. The van der Waals surface area contributed by atoms with Crippen LogP contribution in [0.2, 0.25) is 0 Å². The maximum Gasteiger partial charge on any atom is 0.330 e. The van der Waals surface area contributed by atoms with Crippen LogP contribution in [0.1, 0.15) is 76.3 Å². The summed E-state index contributed by atoms with van der Waals surface area (Å²) in [6.07, 6.45) is 11.0. The molecule has 4 rings (SSSR count). The van der Waals surface area contributed by atoms with Crippen LogP contribution >= 0.6 is 0 Å². The number of amides is 2. The van der Waals surface area contributed by atoms with Crippen molar-refractivity contribution in [3.8, 4) is 0 Å². The molecule has 2 heterocycles. The number of benzene rings is 1. The van der Waals surface area contributed by atoms with Gasteiger partial charge >= 0.3 is 5.97 Å². The smallest absolute Gasteiger partial charge is 0.330 e. The minimum absolute atomic E-state index is 0.106. The van der Waals surface area contributed by atoms with Gasteiger partial charge in [-0.1, -0.05) is 52.0 Å². The van der Waals surface area contributed by atoms with Crippen LogP contribution in [0.15, 0.2) is 24.3 Å². The fourth-order valence-electron chi connectivity index (χ4n) is 7.24. The molecule has 220 valence electrons. The van der Waals surface area contributed by atoms with E-state index in [1.165, 1.54) is 44.6 Å². The quantitative estimate of drug-likeness (QED) is 0.172. The van der Waals surface area contributed by atoms with Crippen LogP contribution in [0.4, 0.5) is 4.39 Å². The van der Waals surface area contributed by atoms with Crippen molar-refractivity contribution in [2.45, 2.75) is 89.9 Å². The number of nitrogens with one attached hydrogen (secondary N) is 2. The lowest BCUT2D eigenvalue weighted by atomic mass is 9.80. The molecule has 3 aliphatic rings. The third-order valence-electron chi connectivity index (χ3n) is 9.42. The van der Waals surface area contributed by atoms with Crippen LogP contribution in [0, 0.1) is 22.6 Å². The van der Waals surface area contributed by atoms with Gasteiger partial charge in [0.15, 0.2) is 0 Å². The highest BCUT2D eigenvalue weighted by Crippen LogP contribution is 2.81. The average Bonchev–Trinajstić information content (AvgIpc) is 3.22. The van der Waals surface area contributed by atoms with E-state index >= 15 is 0 Å². The number of esters is 1. The lowest BCUT2D eigenvalue weighted by Crippen LogP contribution is -2.53. The second-order valence-electron chi connectivity index (χ2n) is 11.6. The summed E-state index contributed by atoms with van der Waals surface area (Å²) in [6, 6.07) is 3.33. The molecule has 1 aliphatic carbocycles. The van der Waals surface area contributed by atoms with Crippen molar-refractivity contribution in [2.75, 3.05) is 20.3 Å². The molecule has 0 aromatic heterocycles. The third-order valence-corrected chi connectivity index (χ3v) is 9.42. The molecule has 8 nitrogen and oxygen atoms in total. The number of aliphatic hydroxyl groups excluding tert-OH is 1. The molecule has 1 aromatic carbocycles. The number of ether oxygens (including phenoxy) is 2. The number of rotatable bonds is 15. The van der Waals surface area contributed by atoms with E-state index in [9.17, 15) is 23.9 Å². The Hall–Kier alpha value is -2.78. The topological polar surface area (TPSA) is 114 Å². The first-order chi connectivity index (χ1) is 19.2. The number of fused-ring (bicyclic) bond motifs is 5. The van der Waals surface area contributed by atoms with Crippen molar-refractivity contribution >= 4 is 23.9 Å². The molecule has 6 unspecified atom stereocenters. The van der Waals surface area contributed by atoms with Crippen molar-refractivity contribution in [3.05, 3.63) is 41.2 Å². The van der Waals surface area contributed by atoms with Crippen LogP contribution < -0.4 is 10.6 Å². The number of hydrogen-bond acceptors (Lipinski definition) is 6. The van der Waals surface area contributed by atoms with Crippen molar-refractivity contribution in [1.82, 2.24) is 10.6 Å². The van der Waals surface area contributed by atoms with E-state index in [-0.39, 0.29) is 24.0 Å². The predicted molar refractivity (Wildman–Crippen MR) is 148 cm³/mol. The maximum absolute atomic E-state index is 14.3. The normalized spacial score (nSPS) is 28.8. The van der Waals surface area contributed by atoms with E-state index in [1.807, 2.05) is 6.92 Å².